The molecule has 4 aromatic carbocycles. The fourth-order valence-corrected chi connectivity index (χ4v) is 8.48. The number of anilines is 2. The van der Waals surface area contributed by atoms with Crippen LogP contribution in [0.2, 0.25) is 0 Å². The van der Waals surface area contributed by atoms with E-state index in [1.807, 2.05) is 53.4 Å². The van der Waals surface area contributed by atoms with Gasteiger partial charge >= 0.3 is 0 Å². The van der Waals surface area contributed by atoms with Gasteiger partial charge in [0.25, 0.3) is 17.7 Å². The number of piperidine rings is 1. The fourth-order valence-electron chi connectivity index (χ4n) is 8.48. The molecule has 2 fully saturated rings. The Hall–Kier alpha value is -8.20. The molecule has 9 rings (SSSR count). The van der Waals surface area contributed by atoms with Crippen molar-refractivity contribution in [2.45, 2.75) is 31.0 Å². The van der Waals surface area contributed by atoms with Crippen molar-refractivity contribution in [3.8, 4) is 11.1 Å². The van der Waals surface area contributed by atoms with Gasteiger partial charge in [0, 0.05) is 61.9 Å². The van der Waals surface area contributed by atoms with E-state index in [2.05, 4.69) is 15.6 Å². The second-order valence-corrected chi connectivity index (χ2v) is 15.6. The van der Waals surface area contributed by atoms with E-state index in [0.717, 1.165) is 16.0 Å². The van der Waals surface area contributed by atoms with E-state index in [4.69, 9.17) is 4.42 Å². The Labute approximate surface area is 367 Å². The lowest BCUT2D eigenvalue weighted by atomic mass is 10.0. The summed E-state index contributed by atoms with van der Waals surface area (Å²) in [6.07, 6.45) is 4.54. The standard InChI is InChI=1S/C49H41N7O8/c57-41-22-21-39(44(58)51-41)56-46(60)37-20-19-36(29-38(37)47(56)61)53-24-26-54(27-25-53)49(63)42(33-11-5-2-6-12-33)52-45(59)43(34-13-7-23-50-30-34)55(48(62)40-14-8-28-64-40)35-17-15-32(16-18-35)31-9-3-1-4-10-31/h1-20,23,28-30,39,42-43H,21-22,24-27H2,(H,52,59)(H,51,57,58). The number of benzene rings is 4. The summed E-state index contributed by atoms with van der Waals surface area (Å²) in [6.45, 7) is 1.24. The molecule has 5 heterocycles. The number of rotatable bonds is 11. The van der Waals surface area contributed by atoms with E-state index in [9.17, 15) is 33.6 Å². The summed E-state index contributed by atoms with van der Waals surface area (Å²) in [5, 5.41) is 5.23. The molecule has 3 aliphatic rings. The van der Waals surface area contributed by atoms with Gasteiger partial charge in [0.05, 0.1) is 17.4 Å². The first kappa shape index (κ1) is 41.2. The maximum absolute atomic E-state index is 15.0. The molecule has 15 heteroatoms. The van der Waals surface area contributed by atoms with E-state index in [0.29, 0.717) is 35.6 Å². The quantitative estimate of drug-likeness (QED) is 0.162. The topological polar surface area (TPSA) is 183 Å². The SMILES string of the molecule is O=C1CCC(N2C(=O)c3ccc(N4CCN(C(=O)C(NC(=O)C(c5cccnc5)N(C(=O)c5ccco5)c5ccc(-c6ccccc6)cc5)c5ccccc5)CC4)cc3C2=O)C(=O)N1. The smallest absolute Gasteiger partial charge is 0.294 e. The first-order valence-corrected chi connectivity index (χ1v) is 20.8. The van der Waals surface area contributed by atoms with Crippen molar-refractivity contribution >= 4 is 52.7 Å². The predicted octanol–water partition coefficient (Wildman–Crippen LogP) is 5.34. The van der Waals surface area contributed by atoms with Crippen LogP contribution in [0.25, 0.3) is 11.1 Å². The van der Waals surface area contributed by atoms with Crippen LogP contribution in [-0.4, -0.2) is 88.4 Å². The zero-order valence-electron chi connectivity index (χ0n) is 34.3. The average molecular weight is 856 g/mol. The molecule has 2 aromatic heterocycles. The van der Waals surface area contributed by atoms with Crippen molar-refractivity contribution in [3.63, 3.8) is 0 Å². The molecule has 0 spiro atoms. The Morgan fingerprint density at radius 3 is 2.09 bits per heavy atom. The van der Waals surface area contributed by atoms with Crippen LogP contribution in [0.15, 0.2) is 150 Å². The van der Waals surface area contributed by atoms with E-state index in [-0.39, 0.29) is 48.7 Å². The third-order valence-electron chi connectivity index (χ3n) is 11.8. The number of carbonyl (C=O) groups is 7. The molecule has 0 aliphatic carbocycles. The Morgan fingerprint density at radius 1 is 0.734 bits per heavy atom. The fraction of sp³-hybridized carbons (Fsp3) is 0.184. The number of hydrogen-bond donors (Lipinski definition) is 2. The number of fused-ring (bicyclic) bond motifs is 1. The number of piperazine rings is 1. The number of aromatic nitrogens is 1. The van der Waals surface area contributed by atoms with Crippen molar-refractivity contribution in [3.05, 3.63) is 174 Å². The minimum Gasteiger partial charge on any atom is -0.459 e. The number of hydrogen-bond acceptors (Lipinski definition) is 10. The third-order valence-corrected chi connectivity index (χ3v) is 11.8. The highest BCUT2D eigenvalue weighted by atomic mass is 16.3. The van der Waals surface area contributed by atoms with Crippen molar-refractivity contribution in [1.82, 2.24) is 25.4 Å². The van der Waals surface area contributed by atoms with E-state index in [1.54, 1.807) is 83.9 Å². The van der Waals surface area contributed by atoms with E-state index >= 15 is 0 Å². The Morgan fingerprint density at radius 2 is 1.42 bits per heavy atom. The summed E-state index contributed by atoms with van der Waals surface area (Å²) in [6, 6.07) is 33.8. The summed E-state index contributed by atoms with van der Waals surface area (Å²) < 4.78 is 5.57. The maximum atomic E-state index is 15.0. The highest BCUT2D eigenvalue weighted by Crippen LogP contribution is 2.34. The van der Waals surface area contributed by atoms with Gasteiger partial charge in [-0.25, -0.2) is 0 Å². The van der Waals surface area contributed by atoms with Crippen molar-refractivity contribution < 1.29 is 38.0 Å². The normalized spacial score (nSPS) is 17.1. The van der Waals surface area contributed by atoms with Gasteiger partial charge in [0.15, 0.2) is 5.76 Å². The molecule has 15 nitrogen and oxygen atoms in total. The van der Waals surface area contributed by atoms with Crippen LogP contribution in [0.4, 0.5) is 11.4 Å². The van der Waals surface area contributed by atoms with Crippen LogP contribution in [0.3, 0.4) is 0 Å². The van der Waals surface area contributed by atoms with E-state index in [1.165, 1.54) is 23.4 Å². The molecule has 0 bridgehead atoms. The molecule has 64 heavy (non-hydrogen) atoms. The van der Waals surface area contributed by atoms with Crippen LogP contribution >= 0.6 is 0 Å². The molecule has 2 saturated heterocycles. The van der Waals surface area contributed by atoms with Gasteiger partial charge in [0.2, 0.25) is 23.6 Å². The number of nitrogens with one attached hydrogen (secondary N) is 2. The van der Waals surface area contributed by atoms with Crippen LogP contribution in [0.5, 0.6) is 0 Å². The maximum Gasteiger partial charge on any atom is 0.294 e. The van der Waals surface area contributed by atoms with Gasteiger partial charge < -0.3 is 19.5 Å². The van der Waals surface area contributed by atoms with E-state index < -0.39 is 53.6 Å². The zero-order valence-corrected chi connectivity index (χ0v) is 34.3. The van der Waals surface area contributed by atoms with Crippen molar-refractivity contribution in [1.29, 1.82) is 0 Å². The molecule has 2 N–H and O–H groups in total. The Balaban J connectivity index is 0.967. The lowest BCUT2D eigenvalue weighted by Gasteiger charge is -2.38. The van der Waals surface area contributed by atoms with Crippen molar-refractivity contribution in [2.24, 2.45) is 0 Å². The summed E-state index contributed by atoms with van der Waals surface area (Å²) in [5.74, 6) is -3.91. The number of imide groups is 2. The third kappa shape index (κ3) is 8.01. The van der Waals surface area contributed by atoms with Gasteiger partial charge in [-0.2, -0.15) is 0 Å². The minimum atomic E-state index is -1.30. The second kappa shape index (κ2) is 17.6. The highest BCUT2D eigenvalue weighted by molar-refractivity contribution is 6.23. The minimum absolute atomic E-state index is 0.00774. The highest BCUT2D eigenvalue weighted by Gasteiger charge is 2.45. The van der Waals surface area contributed by atoms with Crippen LogP contribution in [-0.2, 0) is 19.2 Å². The molecule has 0 saturated carbocycles. The first-order chi connectivity index (χ1) is 31.2. The Bertz CT molecular complexity index is 2740. The van der Waals surface area contributed by atoms with Gasteiger partial charge in [-0.3, -0.25) is 53.7 Å². The molecule has 320 valence electrons. The molecule has 6 aromatic rings. The van der Waals surface area contributed by atoms with Crippen LogP contribution in [0.1, 0.15) is 67.3 Å². The average Bonchev–Trinajstić information content (AvgIpc) is 3.97. The number of pyridine rings is 1. The number of furan rings is 1. The van der Waals surface area contributed by atoms with Gasteiger partial charge in [-0.1, -0.05) is 78.9 Å². The zero-order chi connectivity index (χ0) is 44.3. The second-order valence-electron chi connectivity index (χ2n) is 15.6. The molecule has 3 unspecified atom stereocenters. The summed E-state index contributed by atoms with van der Waals surface area (Å²) in [7, 11) is 0. The summed E-state index contributed by atoms with van der Waals surface area (Å²) >= 11 is 0. The van der Waals surface area contributed by atoms with Gasteiger partial charge in [0.1, 0.15) is 18.1 Å². The first-order valence-electron chi connectivity index (χ1n) is 20.8. The molecular weight excluding hydrogens is 815 g/mol. The van der Waals surface area contributed by atoms with Crippen LogP contribution < -0.4 is 20.4 Å². The van der Waals surface area contributed by atoms with Gasteiger partial charge in [-0.15, -0.1) is 0 Å². The lowest BCUT2D eigenvalue weighted by molar-refractivity contribution is -0.137. The number of nitrogens with zero attached hydrogens (tertiary/aromatic N) is 5. The summed E-state index contributed by atoms with van der Waals surface area (Å²) in [5.41, 5.74) is 4.21. The largest absolute Gasteiger partial charge is 0.459 e. The van der Waals surface area contributed by atoms with Crippen molar-refractivity contribution in [2.75, 3.05) is 36.0 Å². The number of amides is 7. The van der Waals surface area contributed by atoms with Gasteiger partial charge in [-0.05, 0) is 71.6 Å². The molecule has 7 amide bonds. The summed E-state index contributed by atoms with van der Waals surface area (Å²) in [4.78, 5) is 105. The molecule has 0 radical (unpaired) electrons. The molecular formula is C49H41N7O8. The lowest BCUT2D eigenvalue weighted by Crippen LogP contribution is -2.54. The number of carbonyl (C=O) groups excluding carboxylic acids is 7. The molecule has 3 aliphatic heterocycles. The Kier molecular flexibility index (Phi) is 11.4. The van der Waals surface area contributed by atoms with Crippen LogP contribution in [0, 0.1) is 0 Å². The molecule has 3 atom stereocenters. The monoisotopic (exact) mass is 855 g/mol. The predicted molar refractivity (Wildman–Crippen MR) is 234 cm³/mol.